The van der Waals surface area contributed by atoms with Gasteiger partial charge < -0.3 is 20.1 Å². The van der Waals surface area contributed by atoms with E-state index in [1.165, 1.54) is 0 Å². The summed E-state index contributed by atoms with van der Waals surface area (Å²) in [6.45, 7) is 10.6. The molecule has 1 aliphatic heterocycles. The van der Waals surface area contributed by atoms with Gasteiger partial charge in [0.1, 0.15) is 11.7 Å². The Hall–Kier alpha value is -2.25. The molecular formula is C24H37N3O5. The molecule has 1 heterocycles. The number of carbonyl (C=O) groups is 3. The molecule has 5 fully saturated rings. The Kier molecular flexibility index (Phi) is 5.92. The molecule has 178 valence electrons. The third-order valence-electron chi connectivity index (χ3n) is 7.76. The van der Waals surface area contributed by atoms with Crippen molar-refractivity contribution in [2.24, 2.45) is 28.9 Å². The lowest BCUT2D eigenvalue weighted by Gasteiger charge is -2.58. The molecule has 5 rings (SSSR count). The minimum atomic E-state index is -0.588. The number of nitrogens with two attached hydrogens (primary N) is 1. The van der Waals surface area contributed by atoms with Crippen LogP contribution in [0.2, 0.25) is 0 Å². The highest BCUT2D eigenvalue weighted by atomic mass is 16.6. The molecule has 3 amide bonds. The van der Waals surface area contributed by atoms with Crippen LogP contribution in [0.4, 0.5) is 9.59 Å². The zero-order valence-corrected chi connectivity index (χ0v) is 19.5. The second kappa shape index (κ2) is 8.27. The number of hydrogen-bond acceptors (Lipinski definition) is 5. The van der Waals surface area contributed by atoms with Gasteiger partial charge >= 0.3 is 12.2 Å². The summed E-state index contributed by atoms with van der Waals surface area (Å²) in [5, 5.41) is 0. The van der Waals surface area contributed by atoms with Gasteiger partial charge in [0.2, 0.25) is 5.91 Å². The zero-order chi connectivity index (χ0) is 23.3. The normalized spacial score (nSPS) is 35.5. The van der Waals surface area contributed by atoms with Gasteiger partial charge in [-0.3, -0.25) is 9.69 Å². The third-order valence-corrected chi connectivity index (χ3v) is 7.76. The van der Waals surface area contributed by atoms with Crippen LogP contribution in [0.1, 0.15) is 59.3 Å². The second-order valence-corrected chi connectivity index (χ2v) is 11.3. The molecule has 8 heteroatoms. The number of nitrogens with zero attached hydrogens (tertiary/aromatic N) is 2. The molecule has 2 unspecified atom stereocenters. The van der Waals surface area contributed by atoms with E-state index < -0.39 is 17.1 Å². The van der Waals surface area contributed by atoms with Gasteiger partial charge in [-0.05, 0) is 77.0 Å². The number of hydrogen-bond donors (Lipinski definition) is 1. The van der Waals surface area contributed by atoms with Crippen molar-refractivity contribution in [1.82, 2.24) is 9.80 Å². The summed E-state index contributed by atoms with van der Waals surface area (Å²) in [6, 6.07) is -0.132. The fourth-order valence-corrected chi connectivity index (χ4v) is 6.66. The number of amides is 3. The molecule has 1 saturated heterocycles. The van der Waals surface area contributed by atoms with Crippen molar-refractivity contribution >= 4 is 18.1 Å². The fraction of sp³-hybridized carbons (Fsp3) is 0.792. The highest BCUT2D eigenvalue weighted by Crippen LogP contribution is 2.60. The van der Waals surface area contributed by atoms with Crippen molar-refractivity contribution in [2.45, 2.75) is 77.0 Å². The van der Waals surface area contributed by atoms with Crippen LogP contribution in [0, 0.1) is 23.2 Å². The van der Waals surface area contributed by atoms with Crippen molar-refractivity contribution in [3.05, 3.63) is 12.7 Å². The Labute approximate surface area is 190 Å². The maximum atomic E-state index is 13.0. The summed E-state index contributed by atoms with van der Waals surface area (Å²) >= 11 is 0. The molecule has 4 aliphatic carbocycles. The number of rotatable bonds is 5. The van der Waals surface area contributed by atoms with Crippen LogP contribution in [-0.2, 0) is 14.3 Å². The van der Waals surface area contributed by atoms with Crippen LogP contribution in [0.3, 0.4) is 0 Å². The molecular weight excluding hydrogens is 410 g/mol. The molecule has 4 bridgehead atoms. The maximum Gasteiger partial charge on any atom is 0.410 e. The molecule has 2 N–H and O–H groups in total. The van der Waals surface area contributed by atoms with E-state index in [1.54, 1.807) is 15.9 Å². The third kappa shape index (κ3) is 4.33. The van der Waals surface area contributed by atoms with E-state index in [0.717, 1.165) is 32.1 Å². The Morgan fingerprint density at radius 2 is 1.84 bits per heavy atom. The van der Waals surface area contributed by atoms with Crippen LogP contribution < -0.4 is 5.73 Å². The van der Waals surface area contributed by atoms with Gasteiger partial charge in [0, 0.05) is 19.6 Å². The van der Waals surface area contributed by atoms with E-state index in [9.17, 15) is 14.4 Å². The molecule has 32 heavy (non-hydrogen) atoms. The second-order valence-electron chi connectivity index (χ2n) is 11.3. The Balaban J connectivity index is 1.37. The Morgan fingerprint density at radius 1 is 1.19 bits per heavy atom. The number of primary amides is 1. The summed E-state index contributed by atoms with van der Waals surface area (Å²) in [6.07, 6.45) is 5.89. The molecule has 5 aliphatic rings. The first-order chi connectivity index (χ1) is 15.0. The van der Waals surface area contributed by atoms with Crippen LogP contribution >= 0.6 is 0 Å². The summed E-state index contributed by atoms with van der Waals surface area (Å²) in [5.74, 6) is 0.770. The van der Waals surface area contributed by atoms with E-state index >= 15 is 0 Å². The summed E-state index contributed by atoms with van der Waals surface area (Å²) < 4.78 is 11.6. The van der Waals surface area contributed by atoms with E-state index in [-0.39, 0.29) is 36.0 Å². The first-order valence-corrected chi connectivity index (χ1v) is 11.9. The van der Waals surface area contributed by atoms with Crippen molar-refractivity contribution in [1.29, 1.82) is 0 Å². The van der Waals surface area contributed by atoms with Crippen molar-refractivity contribution in [2.75, 3.05) is 19.6 Å². The monoisotopic (exact) mass is 447 g/mol. The summed E-state index contributed by atoms with van der Waals surface area (Å²) in [5.41, 5.74) is 4.78. The number of ether oxygens (including phenoxy) is 2. The first-order valence-electron chi connectivity index (χ1n) is 11.9. The zero-order valence-electron chi connectivity index (χ0n) is 19.5. The van der Waals surface area contributed by atoms with Crippen molar-refractivity contribution < 1.29 is 23.9 Å². The lowest BCUT2D eigenvalue weighted by molar-refractivity contribution is -0.161. The van der Waals surface area contributed by atoms with Crippen LogP contribution in [0.15, 0.2) is 12.7 Å². The predicted octanol–water partition coefficient (Wildman–Crippen LogP) is 3.30. The smallest absolute Gasteiger partial charge is 0.410 e. The average molecular weight is 448 g/mol. The quantitative estimate of drug-likeness (QED) is 0.652. The molecule has 0 aromatic rings. The van der Waals surface area contributed by atoms with Gasteiger partial charge in [0.05, 0.1) is 11.5 Å². The van der Waals surface area contributed by atoms with E-state index in [4.69, 9.17) is 15.2 Å². The number of likely N-dealkylation sites (tertiary alicyclic amines) is 1. The topological polar surface area (TPSA) is 102 Å². The highest BCUT2D eigenvalue weighted by molar-refractivity contribution is 5.81. The van der Waals surface area contributed by atoms with Gasteiger partial charge in [-0.2, -0.15) is 0 Å². The highest BCUT2D eigenvalue weighted by Gasteiger charge is 2.59. The maximum absolute atomic E-state index is 13.0. The van der Waals surface area contributed by atoms with Crippen LogP contribution in [0.5, 0.6) is 0 Å². The first kappa shape index (κ1) is 22.9. The SMILES string of the molecule is C=CCN(C(=O)OC(C)(C)C)[C@H]1CCN(C(=O)OC2C3CC4CC2CC(C(N)=O)(C4)C3)C1. The molecule has 0 aromatic heterocycles. The average Bonchev–Trinajstić information content (AvgIpc) is 3.16. The molecule has 3 atom stereocenters. The van der Waals surface area contributed by atoms with E-state index in [0.29, 0.717) is 32.0 Å². The van der Waals surface area contributed by atoms with Gasteiger partial charge in [0.15, 0.2) is 0 Å². The minimum Gasteiger partial charge on any atom is -0.446 e. The van der Waals surface area contributed by atoms with E-state index in [1.807, 2.05) is 20.8 Å². The number of carbonyl (C=O) groups excluding carboxylic acids is 3. The fourth-order valence-electron chi connectivity index (χ4n) is 6.66. The molecule has 4 saturated carbocycles. The molecule has 0 spiro atoms. The van der Waals surface area contributed by atoms with Gasteiger partial charge in [-0.25, -0.2) is 9.59 Å². The van der Waals surface area contributed by atoms with Crippen molar-refractivity contribution in [3.63, 3.8) is 0 Å². The summed E-state index contributed by atoms with van der Waals surface area (Å²) in [4.78, 5) is 41.2. The molecule has 0 radical (unpaired) electrons. The van der Waals surface area contributed by atoms with Crippen molar-refractivity contribution in [3.8, 4) is 0 Å². The predicted molar refractivity (Wildman–Crippen MR) is 119 cm³/mol. The lowest BCUT2D eigenvalue weighted by Crippen LogP contribution is -2.59. The Bertz CT molecular complexity index is 775. The molecule has 8 nitrogen and oxygen atoms in total. The largest absolute Gasteiger partial charge is 0.446 e. The van der Waals surface area contributed by atoms with Crippen LogP contribution in [-0.4, -0.2) is 65.3 Å². The lowest BCUT2D eigenvalue weighted by atomic mass is 9.48. The minimum absolute atomic E-state index is 0.132. The molecule has 0 aromatic carbocycles. The summed E-state index contributed by atoms with van der Waals surface area (Å²) in [7, 11) is 0. The Morgan fingerprint density at radius 3 is 2.41 bits per heavy atom. The standard InChI is InChI=1S/C24H37N3O5/c1-5-7-27(22(30)32-23(2,3)4)18-6-8-26(14-18)21(29)31-19-16-9-15-10-17(19)13-24(11-15,12-16)20(25)28/h5,15-19H,1,6-14H2,2-4H3,(H2,25,28)/t15?,16?,17?,18-,19?,24?/m0/s1. The van der Waals surface area contributed by atoms with Crippen LogP contribution in [0.25, 0.3) is 0 Å². The van der Waals surface area contributed by atoms with Gasteiger partial charge in [-0.1, -0.05) is 6.08 Å². The van der Waals surface area contributed by atoms with Gasteiger partial charge in [-0.15, -0.1) is 6.58 Å². The van der Waals surface area contributed by atoms with E-state index in [2.05, 4.69) is 6.58 Å². The van der Waals surface area contributed by atoms with Gasteiger partial charge in [0.25, 0.3) is 0 Å².